The summed E-state index contributed by atoms with van der Waals surface area (Å²) in [7, 11) is 0. The zero-order valence-corrected chi connectivity index (χ0v) is 18.5. The topological polar surface area (TPSA) is 55.4 Å². The fraction of sp³-hybridized carbons (Fsp3) is 0.538. The summed E-state index contributed by atoms with van der Waals surface area (Å²) in [4.78, 5) is 27.6. The smallest absolute Gasteiger partial charge is 0.174 e. The highest BCUT2D eigenvalue weighted by atomic mass is 16.5. The van der Waals surface area contributed by atoms with E-state index in [2.05, 4.69) is 32.2 Å². The van der Waals surface area contributed by atoms with Crippen molar-refractivity contribution in [3.05, 3.63) is 53.6 Å². The lowest BCUT2D eigenvalue weighted by Crippen LogP contribution is -2.50. The Hall–Kier alpha value is -2.20. The standard InChI is InChI=1S/C26H31NO3/c1-15-11-18-12-16(2)21(28)20-22(27-19-9-7-6-8-10-19)24(4,5)14-26(20)17(3)23(29)25(18,13-15)30-26/h6-12,15,17,20,22,27H,13-14H2,1-5H3/b16-12-/t15-,17-,20-,22-,25+,26+/m0/s1. The number of hydrogen-bond acceptors (Lipinski definition) is 4. The fourth-order valence-electron chi connectivity index (χ4n) is 6.72. The average molecular weight is 406 g/mol. The average Bonchev–Trinajstić information content (AvgIpc) is 3.19. The van der Waals surface area contributed by atoms with Gasteiger partial charge in [-0.15, -0.1) is 0 Å². The third kappa shape index (κ3) is 2.43. The Kier molecular flexibility index (Phi) is 4.06. The van der Waals surface area contributed by atoms with Crippen molar-refractivity contribution in [3.8, 4) is 0 Å². The second-order valence-corrected chi connectivity index (χ2v) is 10.6. The number of carbonyl (C=O) groups excluding carboxylic acids is 2. The van der Waals surface area contributed by atoms with Crippen molar-refractivity contribution in [1.82, 2.24) is 0 Å². The third-order valence-corrected chi connectivity index (χ3v) is 8.00. The van der Waals surface area contributed by atoms with Crippen LogP contribution < -0.4 is 5.32 Å². The predicted octanol–water partition coefficient (Wildman–Crippen LogP) is 4.72. The van der Waals surface area contributed by atoms with Gasteiger partial charge in [0, 0.05) is 17.6 Å². The molecule has 4 nitrogen and oxygen atoms in total. The highest BCUT2D eigenvalue weighted by molar-refractivity contribution is 6.04. The molecule has 1 N–H and O–H groups in total. The quantitative estimate of drug-likeness (QED) is 0.773. The van der Waals surface area contributed by atoms with Crippen molar-refractivity contribution in [2.45, 2.75) is 64.7 Å². The first kappa shape index (κ1) is 19.7. The highest BCUT2D eigenvalue weighted by Gasteiger charge is 2.73. The maximum Gasteiger partial charge on any atom is 0.174 e. The molecule has 6 atom stereocenters. The van der Waals surface area contributed by atoms with E-state index in [9.17, 15) is 9.59 Å². The molecule has 2 spiro atoms. The molecule has 2 fully saturated rings. The summed E-state index contributed by atoms with van der Waals surface area (Å²) in [5, 5.41) is 3.65. The van der Waals surface area contributed by atoms with E-state index in [1.54, 1.807) is 0 Å². The molecule has 1 saturated heterocycles. The molecule has 2 aliphatic carbocycles. The maximum atomic E-state index is 13.8. The van der Waals surface area contributed by atoms with Crippen molar-refractivity contribution in [2.24, 2.45) is 23.2 Å². The van der Waals surface area contributed by atoms with Crippen LogP contribution in [0.5, 0.6) is 0 Å². The Morgan fingerprint density at radius 3 is 2.50 bits per heavy atom. The number of ketones is 2. The van der Waals surface area contributed by atoms with Gasteiger partial charge in [0.25, 0.3) is 0 Å². The van der Waals surface area contributed by atoms with Crippen LogP contribution in [0, 0.1) is 23.2 Å². The molecule has 30 heavy (non-hydrogen) atoms. The van der Waals surface area contributed by atoms with Gasteiger partial charge in [0.05, 0.1) is 11.5 Å². The van der Waals surface area contributed by atoms with Gasteiger partial charge in [-0.05, 0) is 60.5 Å². The van der Waals surface area contributed by atoms with E-state index in [0.717, 1.165) is 16.8 Å². The molecule has 0 aromatic heterocycles. The molecule has 2 aliphatic heterocycles. The number of carbonyl (C=O) groups is 2. The van der Waals surface area contributed by atoms with E-state index < -0.39 is 17.1 Å². The van der Waals surface area contributed by atoms with Crippen LogP contribution >= 0.6 is 0 Å². The minimum absolute atomic E-state index is 0.101. The van der Waals surface area contributed by atoms with E-state index in [1.807, 2.05) is 50.3 Å². The van der Waals surface area contributed by atoms with Crippen molar-refractivity contribution >= 4 is 17.3 Å². The number of nitrogens with one attached hydrogen (secondary N) is 1. The second kappa shape index (κ2) is 6.16. The lowest BCUT2D eigenvalue weighted by atomic mass is 9.75. The van der Waals surface area contributed by atoms with Gasteiger partial charge in [0.2, 0.25) is 0 Å². The second-order valence-electron chi connectivity index (χ2n) is 10.6. The van der Waals surface area contributed by atoms with E-state index in [4.69, 9.17) is 4.74 Å². The Bertz CT molecular complexity index is 991. The minimum Gasteiger partial charge on any atom is -0.381 e. The van der Waals surface area contributed by atoms with E-state index in [0.29, 0.717) is 12.8 Å². The molecule has 158 valence electrons. The van der Waals surface area contributed by atoms with Crippen LogP contribution in [0.25, 0.3) is 0 Å². The third-order valence-electron chi connectivity index (χ3n) is 8.00. The molecule has 1 saturated carbocycles. The van der Waals surface area contributed by atoms with E-state index >= 15 is 0 Å². The summed E-state index contributed by atoms with van der Waals surface area (Å²) in [5.74, 6) is -0.210. The number of hydrogen-bond donors (Lipinski definition) is 1. The lowest BCUT2D eigenvalue weighted by Gasteiger charge is -2.39. The predicted molar refractivity (Wildman–Crippen MR) is 117 cm³/mol. The van der Waals surface area contributed by atoms with Gasteiger partial charge in [-0.2, -0.15) is 0 Å². The SMILES string of the molecule is C/C1=C/C2=C[C@H](C)C[C@@]23O[C@]2(CC(C)(C)[C@@H](Nc4ccccc4)[C@@H]2C1=O)[C@@H](C)C3=O. The van der Waals surface area contributed by atoms with Gasteiger partial charge < -0.3 is 10.1 Å². The molecule has 4 aliphatic rings. The number of ether oxygens (including phenoxy) is 1. The van der Waals surface area contributed by atoms with Crippen LogP contribution in [0.3, 0.4) is 0 Å². The van der Waals surface area contributed by atoms with Gasteiger partial charge in [0.1, 0.15) is 0 Å². The first-order chi connectivity index (χ1) is 14.1. The molecular weight excluding hydrogens is 374 g/mol. The van der Waals surface area contributed by atoms with Crippen LogP contribution in [-0.2, 0) is 14.3 Å². The Balaban J connectivity index is 1.68. The molecule has 1 aromatic rings. The van der Waals surface area contributed by atoms with Crippen LogP contribution in [0.1, 0.15) is 47.5 Å². The van der Waals surface area contributed by atoms with E-state index in [1.165, 1.54) is 0 Å². The van der Waals surface area contributed by atoms with Crippen molar-refractivity contribution < 1.29 is 14.3 Å². The molecule has 0 amide bonds. The number of Topliss-reactive ketones (excluding diaryl/α,β-unsaturated/α-hetero) is 2. The molecule has 0 radical (unpaired) electrons. The number of benzene rings is 1. The Morgan fingerprint density at radius 1 is 1.10 bits per heavy atom. The first-order valence-electron chi connectivity index (χ1n) is 11.1. The van der Waals surface area contributed by atoms with Gasteiger partial charge in [-0.3, -0.25) is 9.59 Å². The zero-order chi connectivity index (χ0) is 21.5. The largest absolute Gasteiger partial charge is 0.381 e. The molecule has 4 heteroatoms. The molecule has 5 rings (SSSR count). The normalized spacial score (nSPS) is 43.2. The van der Waals surface area contributed by atoms with Gasteiger partial charge in [0.15, 0.2) is 17.2 Å². The number of para-hydroxylation sites is 1. The minimum atomic E-state index is -0.892. The number of rotatable bonds is 2. The summed E-state index contributed by atoms with van der Waals surface area (Å²) in [5.41, 5.74) is 0.738. The molecule has 0 unspecified atom stereocenters. The molecule has 2 heterocycles. The summed E-state index contributed by atoms with van der Waals surface area (Å²) in [6.07, 6.45) is 5.41. The van der Waals surface area contributed by atoms with Crippen LogP contribution in [0.15, 0.2) is 53.6 Å². The monoisotopic (exact) mass is 405 g/mol. The highest BCUT2D eigenvalue weighted by Crippen LogP contribution is 2.63. The fourth-order valence-corrected chi connectivity index (χ4v) is 6.72. The molecular formula is C26H31NO3. The molecule has 2 bridgehead atoms. The maximum absolute atomic E-state index is 13.8. The van der Waals surface area contributed by atoms with Gasteiger partial charge in [-0.1, -0.05) is 52.0 Å². The summed E-state index contributed by atoms with van der Waals surface area (Å²) in [6.45, 7) is 10.4. The van der Waals surface area contributed by atoms with Crippen LogP contribution in [0.4, 0.5) is 5.69 Å². The Labute approximate surface area is 178 Å². The number of allylic oxidation sites excluding steroid dienone is 2. The lowest BCUT2D eigenvalue weighted by molar-refractivity contribution is -0.148. The number of anilines is 1. The summed E-state index contributed by atoms with van der Waals surface area (Å²) in [6, 6.07) is 9.92. The molecule has 1 aromatic carbocycles. The van der Waals surface area contributed by atoms with Gasteiger partial charge in [-0.25, -0.2) is 0 Å². The van der Waals surface area contributed by atoms with Crippen molar-refractivity contribution in [1.29, 1.82) is 0 Å². The van der Waals surface area contributed by atoms with Crippen LogP contribution in [0.2, 0.25) is 0 Å². The summed E-state index contributed by atoms with van der Waals surface area (Å²) < 4.78 is 6.92. The zero-order valence-electron chi connectivity index (χ0n) is 18.5. The van der Waals surface area contributed by atoms with Crippen LogP contribution in [-0.4, -0.2) is 28.8 Å². The van der Waals surface area contributed by atoms with Crippen molar-refractivity contribution in [3.63, 3.8) is 0 Å². The van der Waals surface area contributed by atoms with Crippen molar-refractivity contribution in [2.75, 3.05) is 5.32 Å². The first-order valence-corrected chi connectivity index (χ1v) is 11.1. The Morgan fingerprint density at radius 2 is 1.80 bits per heavy atom. The summed E-state index contributed by atoms with van der Waals surface area (Å²) >= 11 is 0. The van der Waals surface area contributed by atoms with E-state index in [-0.39, 0.29) is 34.9 Å². The van der Waals surface area contributed by atoms with Gasteiger partial charge >= 0.3 is 0 Å².